The van der Waals surface area contributed by atoms with E-state index in [9.17, 15) is 15.3 Å². The maximum Gasteiger partial charge on any atom is 0.201 e. The Morgan fingerprint density at radius 3 is 2.58 bits per heavy atom. The summed E-state index contributed by atoms with van der Waals surface area (Å²) in [6.07, 6.45) is 2.33. The lowest BCUT2D eigenvalue weighted by Gasteiger charge is -2.02. The molecule has 0 radical (unpaired) electrons. The van der Waals surface area contributed by atoms with E-state index in [1.807, 2.05) is 35.8 Å². The van der Waals surface area contributed by atoms with Crippen LogP contribution in [0.4, 0.5) is 0 Å². The van der Waals surface area contributed by atoms with Crippen molar-refractivity contribution < 1.29 is 15.3 Å². The Morgan fingerprint density at radius 1 is 1.04 bits per heavy atom. The van der Waals surface area contributed by atoms with Gasteiger partial charge in [-0.15, -0.1) is 0 Å². The number of aryl methyl sites for hydroxylation is 1. The van der Waals surface area contributed by atoms with Gasteiger partial charge in [-0.05, 0) is 37.1 Å². The van der Waals surface area contributed by atoms with Crippen LogP contribution in [-0.2, 0) is 13.0 Å². The molecular formula is C19H20N2O3. The third-order valence-corrected chi connectivity index (χ3v) is 4.09. The molecule has 0 unspecified atom stereocenters. The third kappa shape index (κ3) is 2.93. The summed E-state index contributed by atoms with van der Waals surface area (Å²) < 4.78 is 1.86. The molecule has 1 aromatic heterocycles. The quantitative estimate of drug-likeness (QED) is 0.497. The first-order chi connectivity index (χ1) is 11.6. The molecule has 3 N–H and O–H groups in total. The van der Waals surface area contributed by atoms with Gasteiger partial charge in [-0.2, -0.15) is 0 Å². The predicted octanol–water partition coefficient (Wildman–Crippen LogP) is 3.44. The lowest BCUT2D eigenvalue weighted by atomic mass is 10.1. The van der Waals surface area contributed by atoms with Crippen molar-refractivity contribution in [2.75, 3.05) is 6.54 Å². The van der Waals surface area contributed by atoms with Gasteiger partial charge in [0.25, 0.3) is 0 Å². The molecule has 0 saturated carbocycles. The van der Waals surface area contributed by atoms with Crippen molar-refractivity contribution in [2.24, 2.45) is 4.99 Å². The van der Waals surface area contributed by atoms with Gasteiger partial charge in [-0.1, -0.05) is 24.3 Å². The summed E-state index contributed by atoms with van der Waals surface area (Å²) >= 11 is 0. The molecule has 0 atom stereocenters. The molecular weight excluding hydrogens is 304 g/mol. The lowest BCUT2D eigenvalue weighted by Crippen LogP contribution is -1.93. The number of aromatic hydroxyl groups is 3. The van der Waals surface area contributed by atoms with E-state index in [1.165, 1.54) is 12.1 Å². The minimum atomic E-state index is -0.125. The molecule has 124 valence electrons. The summed E-state index contributed by atoms with van der Waals surface area (Å²) in [6.45, 7) is 3.20. The lowest BCUT2D eigenvalue weighted by molar-refractivity contribution is 0.403. The Balaban J connectivity index is 1.78. The van der Waals surface area contributed by atoms with Crippen LogP contribution in [0, 0.1) is 0 Å². The highest BCUT2D eigenvalue weighted by Gasteiger charge is 2.13. The highest BCUT2D eigenvalue weighted by Crippen LogP contribution is 2.30. The molecule has 24 heavy (non-hydrogen) atoms. The first-order valence-electron chi connectivity index (χ1n) is 7.92. The zero-order valence-electron chi connectivity index (χ0n) is 13.5. The molecule has 1 heterocycles. The smallest absolute Gasteiger partial charge is 0.201 e. The van der Waals surface area contributed by atoms with Gasteiger partial charge in [0.2, 0.25) is 5.88 Å². The number of aromatic nitrogens is 1. The minimum Gasteiger partial charge on any atom is -0.504 e. The van der Waals surface area contributed by atoms with Crippen LogP contribution in [0.25, 0.3) is 10.9 Å². The summed E-state index contributed by atoms with van der Waals surface area (Å²) in [6, 6.07) is 12.6. The number of fused-ring (bicyclic) bond motifs is 1. The van der Waals surface area contributed by atoms with Crippen LogP contribution in [0.15, 0.2) is 47.5 Å². The number of hydrogen-bond acceptors (Lipinski definition) is 4. The minimum absolute atomic E-state index is 0.125. The van der Waals surface area contributed by atoms with Crippen molar-refractivity contribution in [3.8, 4) is 17.4 Å². The molecule has 0 spiro atoms. The molecule has 0 aliphatic carbocycles. The van der Waals surface area contributed by atoms with Gasteiger partial charge >= 0.3 is 0 Å². The van der Waals surface area contributed by atoms with Gasteiger partial charge in [0.05, 0.1) is 11.1 Å². The zero-order valence-corrected chi connectivity index (χ0v) is 13.5. The van der Waals surface area contributed by atoms with E-state index >= 15 is 0 Å². The summed E-state index contributed by atoms with van der Waals surface area (Å²) in [5.41, 5.74) is 2.60. The molecule has 0 fully saturated rings. The Labute approximate surface area is 140 Å². The van der Waals surface area contributed by atoms with Crippen molar-refractivity contribution >= 4 is 17.1 Å². The summed E-state index contributed by atoms with van der Waals surface area (Å²) in [5, 5.41) is 30.2. The van der Waals surface area contributed by atoms with E-state index in [-0.39, 0.29) is 17.4 Å². The van der Waals surface area contributed by atoms with Crippen LogP contribution < -0.4 is 0 Å². The summed E-state index contributed by atoms with van der Waals surface area (Å²) in [7, 11) is 0. The van der Waals surface area contributed by atoms with Crippen molar-refractivity contribution in [1.82, 2.24) is 4.57 Å². The topological polar surface area (TPSA) is 78.0 Å². The van der Waals surface area contributed by atoms with E-state index in [0.29, 0.717) is 19.5 Å². The number of benzene rings is 2. The second-order valence-electron chi connectivity index (χ2n) is 5.61. The van der Waals surface area contributed by atoms with E-state index in [1.54, 1.807) is 12.3 Å². The number of rotatable bonds is 5. The first-order valence-corrected chi connectivity index (χ1v) is 7.92. The highest BCUT2D eigenvalue weighted by atomic mass is 16.3. The van der Waals surface area contributed by atoms with Crippen LogP contribution in [0.3, 0.4) is 0 Å². The van der Waals surface area contributed by atoms with Crippen LogP contribution in [0.5, 0.6) is 17.4 Å². The predicted molar refractivity (Wildman–Crippen MR) is 95.2 cm³/mol. The van der Waals surface area contributed by atoms with Crippen LogP contribution in [-0.4, -0.2) is 32.6 Å². The maximum atomic E-state index is 10.4. The second-order valence-corrected chi connectivity index (χ2v) is 5.61. The summed E-state index contributed by atoms with van der Waals surface area (Å²) in [4.78, 5) is 4.41. The van der Waals surface area contributed by atoms with Crippen molar-refractivity contribution in [1.29, 1.82) is 0 Å². The van der Waals surface area contributed by atoms with Gasteiger partial charge in [-0.3, -0.25) is 4.99 Å². The first kappa shape index (κ1) is 15.9. The van der Waals surface area contributed by atoms with Crippen LogP contribution in [0.1, 0.15) is 18.1 Å². The van der Waals surface area contributed by atoms with E-state index in [0.717, 1.165) is 22.0 Å². The third-order valence-electron chi connectivity index (χ3n) is 4.09. The number of nitrogens with zero attached hydrogens (tertiary/aromatic N) is 2. The van der Waals surface area contributed by atoms with E-state index < -0.39 is 0 Å². The molecule has 0 aliphatic rings. The average Bonchev–Trinajstić information content (AvgIpc) is 2.86. The fraction of sp³-hybridized carbons (Fsp3) is 0.211. The van der Waals surface area contributed by atoms with Gasteiger partial charge in [0, 0.05) is 24.7 Å². The number of aliphatic imine (C=N–C) groups is 1. The monoisotopic (exact) mass is 324 g/mol. The molecule has 0 saturated heterocycles. The van der Waals surface area contributed by atoms with Gasteiger partial charge in [0.15, 0.2) is 11.5 Å². The van der Waals surface area contributed by atoms with Crippen LogP contribution in [0.2, 0.25) is 0 Å². The Morgan fingerprint density at radius 2 is 1.83 bits per heavy atom. The highest BCUT2D eigenvalue weighted by molar-refractivity contribution is 6.02. The molecule has 3 aromatic rings. The Hall–Kier alpha value is -2.95. The molecule has 5 heteroatoms. The molecule has 3 rings (SSSR count). The summed E-state index contributed by atoms with van der Waals surface area (Å²) in [5.74, 6) is -0.0237. The molecule has 0 aliphatic heterocycles. The molecule has 0 amide bonds. The van der Waals surface area contributed by atoms with E-state index in [4.69, 9.17) is 0 Å². The number of phenolic OH excluding ortho intramolecular Hbond substituents is 2. The van der Waals surface area contributed by atoms with Crippen LogP contribution >= 0.6 is 0 Å². The van der Waals surface area contributed by atoms with Crippen molar-refractivity contribution in [3.63, 3.8) is 0 Å². The fourth-order valence-electron chi connectivity index (χ4n) is 2.84. The fourth-order valence-corrected chi connectivity index (χ4v) is 2.84. The average molecular weight is 324 g/mol. The molecule has 0 bridgehead atoms. The maximum absolute atomic E-state index is 10.4. The SMILES string of the molecule is CCn1c(O)c(C=NCCc2ccc(O)c(O)c2)c2ccccc21. The Bertz CT molecular complexity index is 897. The number of hydrogen-bond donors (Lipinski definition) is 3. The zero-order chi connectivity index (χ0) is 17.1. The Kier molecular flexibility index (Phi) is 4.42. The molecule has 2 aromatic carbocycles. The van der Waals surface area contributed by atoms with Gasteiger partial charge < -0.3 is 19.9 Å². The van der Waals surface area contributed by atoms with Crippen molar-refractivity contribution in [2.45, 2.75) is 19.9 Å². The second kappa shape index (κ2) is 6.66. The number of phenols is 2. The standard InChI is InChI=1S/C19H20N2O3/c1-2-21-16-6-4-3-5-14(16)15(19(21)24)12-20-10-9-13-7-8-17(22)18(23)11-13/h3-8,11-12,22-24H,2,9-10H2,1H3. The van der Waals surface area contributed by atoms with E-state index in [2.05, 4.69) is 4.99 Å². The molecule has 5 nitrogen and oxygen atoms in total. The normalized spacial score (nSPS) is 11.5. The van der Waals surface area contributed by atoms with Gasteiger partial charge in [-0.25, -0.2) is 0 Å². The number of para-hydroxylation sites is 1. The largest absolute Gasteiger partial charge is 0.504 e. The van der Waals surface area contributed by atoms with Crippen molar-refractivity contribution in [3.05, 3.63) is 53.6 Å². The van der Waals surface area contributed by atoms with Gasteiger partial charge in [0.1, 0.15) is 0 Å².